The van der Waals surface area contributed by atoms with Gasteiger partial charge in [-0.2, -0.15) is 0 Å². The van der Waals surface area contributed by atoms with Crippen LogP contribution in [-0.4, -0.2) is 25.3 Å². The van der Waals surface area contributed by atoms with Crippen molar-refractivity contribution in [2.45, 2.75) is 0 Å². The zero-order valence-electron chi connectivity index (χ0n) is 8.40. The van der Waals surface area contributed by atoms with E-state index in [4.69, 9.17) is 16.7 Å². The van der Waals surface area contributed by atoms with Crippen molar-refractivity contribution < 1.29 is 5.11 Å². The quantitative estimate of drug-likeness (QED) is 0.474. The van der Waals surface area contributed by atoms with E-state index in [-0.39, 0.29) is 13.2 Å². The number of hydrogen-bond acceptors (Lipinski definition) is 2. The smallest absolute Gasteiger partial charge is 0.145 e. The predicted molar refractivity (Wildman–Crippen MR) is 62.3 cm³/mol. The summed E-state index contributed by atoms with van der Waals surface area (Å²) in [5, 5.41) is 21.1. The third kappa shape index (κ3) is 3.54. The molecule has 0 heterocycles. The largest absolute Gasteiger partial charge is 0.627 e. The minimum atomic E-state index is -0.593. The van der Waals surface area contributed by atoms with Gasteiger partial charge >= 0.3 is 0 Å². The topological polar surface area (TPSA) is 43.3 Å². The van der Waals surface area contributed by atoms with Crippen LogP contribution in [0, 0.1) is 17.0 Å². The van der Waals surface area contributed by atoms with E-state index >= 15 is 0 Å². The predicted octanol–water partition coefficient (Wildman–Crippen LogP) is 1.77. The number of nitrogens with zero attached hydrogens (tertiary/aromatic N) is 1. The zero-order valence-corrected chi connectivity index (χ0v) is 9.16. The Morgan fingerprint density at radius 3 is 2.47 bits per heavy atom. The second kappa shape index (κ2) is 5.15. The van der Waals surface area contributed by atoms with Gasteiger partial charge in [0.1, 0.15) is 18.8 Å². The van der Waals surface area contributed by atoms with Gasteiger partial charge in [-0.05, 0) is 18.1 Å². The second-order valence-corrected chi connectivity index (χ2v) is 3.68. The number of quaternary nitrogens is 1. The molecule has 0 bridgehead atoms. The Bertz CT molecular complexity index is 376. The molecule has 0 spiro atoms. The summed E-state index contributed by atoms with van der Waals surface area (Å²) in [6.45, 7) is -0.108. The highest BCUT2D eigenvalue weighted by Gasteiger charge is 2.11. The number of hydroxylamine groups is 2. The molecule has 1 aromatic rings. The molecule has 0 aromatic heterocycles. The van der Waals surface area contributed by atoms with Crippen LogP contribution in [-0.2, 0) is 0 Å². The van der Waals surface area contributed by atoms with Crippen molar-refractivity contribution in [3.8, 4) is 11.8 Å². The maximum Gasteiger partial charge on any atom is 0.145 e. The second-order valence-electron chi connectivity index (χ2n) is 3.25. The minimum Gasteiger partial charge on any atom is -0.627 e. The first-order valence-corrected chi connectivity index (χ1v) is 4.83. The van der Waals surface area contributed by atoms with Crippen LogP contribution in [0.15, 0.2) is 24.3 Å². The molecule has 0 aliphatic heterocycles. The number of benzene rings is 1. The average Bonchev–Trinajstić information content (AvgIpc) is 2.18. The van der Waals surface area contributed by atoms with Crippen LogP contribution in [0.1, 0.15) is 0 Å². The lowest BCUT2D eigenvalue weighted by molar-refractivity contribution is 0.350. The molecule has 0 saturated heterocycles. The van der Waals surface area contributed by atoms with Crippen molar-refractivity contribution in [1.29, 1.82) is 0 Å². The van der Waals surface area contributed by atoms with E-state index in [2.05, 4.69) is 11.8 Å². The third-order valence-electron chi connectivity index (χ3n) is 1.96. The van der Waals surface area contributed by atoms with Crippen molar-refractivity contribution in [2.24, 2.45) is 0 Å². The highest BCUT2D eigenvalue weighted by Crippen LogP contribution is 2.21. The molecule has 1 unspecified atom stereocenters. The van der Waals surface area contributed by atoms with Gasteiger partial charge in [0.05, 0.1) is 7.05 Å². The number of aliphatic hydroxyl groups is 1. The first-order chi connectivity index (χ1) is 7.06. The molecule has 0 fully saturated rings. The summed E-state index contributed by atoms with van der Waals surface area (Å²) in [5.41, 5.74) is 0.589. The molecular weight excluding hydrogens is 214 g/mol. The molecular formula is C11H12ClNO2. The van der Waals surface area contributed by atoms with Gasteiger partial charge in [-0.15, -0.1) is 0 Å². The minimum absolute atomic E-state index is 0.113. The molecule has 0 aliphatic rings. The Morgan fingerprint density at radius 1 is 1.33 bits per heavy atom. The first kappa shape index (κ1) is 12.0. The van der Waals surface area contributed by atoms with Crippen LogP contribution in [0.4, 0.5) is 5.69 Å². The lowest BCUT2D eigenvalue weighted by Crippen LogP contribution is -2.38. The SMILES string of the molecule is C[N+]([O-])(CC#CCO)c1ccc(Cl)cc1. The maximum atomic E-state index is 12.0. The van der Waals surface area contributed by atoms with Crippen molar-refractivity contribution in [2.75, 3.05) is 20.2 Å². The molecule has 4 heteroatoms. The first-order valence-electron chi connectivity index (χ1n) is 4.45. The Labute approximate surface area is 94.1 Å². The number of halogens is 1. The van der Waals surface area contributed by atoms with Crippen molar-refractivity contribution >= 4 is 17.3 Å². The summed E-state index contributed by atoms with van der Waals surface area (Å²) < 4.78 is -0.593. The van der Waals surface area contributed by atoms with Gasteiger partial charge in [0, 0.05) is 17.2 Å². The van der Waals surface area contributed by atoms with Gasteiger partial charge < -0.3 is 15.0 Å². The van der Waals surface area contributed by atoms with Crippen LogP contribution < -0.4 is 4.65 Å². The molecule has 0 saturated carbocycles. The lowest BCUT2D eigenvalue weighted by atomic mass is 10.3. The number of aliphatic hydroxyl groups excluding tert-OH is 1. The Balaban J connectivity index is 2.80. The van der Waals surface area contributed by atoms with Crippen LogP contribution in [0.5, 0.6) is 0 Å². The van der Waals surface area contributed by atoms with E-state index in [0.29, 0.717) is 10.7 Å². The van der Waals surface area contributed by atoms with E-state index in [1.807, 2.05) is 0 Å². The Kier molecular flexibility index (Phi) is 4.13. The summed E-state index contributed by atoms with van der Waals surface area (Å²) >= 11 is 5.72. The molecule has 0 amide bonds. The molecule has 1 N–H and O–H groups in total. The molecule has 0 radical (unpaired) electrons. The monoisotopic (exact) mass is 225 g/mol. The van der Waals surface area contributed by atoms with E-state index in [1.54, 1.807) is 24.3 Å². The highest BCUT2D eigenvalue weighted by atomic mass is 35.5. The van der Waals surface area contributed by atoms with E-state index in [9.17, 15) is 5.21 Å². The van der Waals surface area contributed by atoms with E-state index in [0.717, 1.165) is 0 Å². The molecule has 15 heavy (non-hydrogen) atoms. The molecule has 1 aromatic carbocycles. The third-order valence-corrected chi connectivity index (χ3v) is 2.21. The summed E-state index contributed by atoms with van der Waals surface area (Å²) in [7, 11) is 1.51. The number of rotatable bonds is 2. The van der Waals surface area contributed by atoms with Crippen LogP contribution in [0.3, 0.4) is 0 Å². The highest BCUT2D eigenvalue weighted by molar-refractivity contribution is 6.30. The summed E-state index contributed by atoms with van der Waals surface area (Å²) in [6, 6.07) is 6.70. The van der Waals surface area contributed by atoms with Gasteiger partial charge in [-0.3, -0.25) is 0 Å². The maximum absolute atomic E-state index is 12.0. The van der Waals surface area contributed by atoms with Crippen molar-refractivity contribution in [3.63, 3.8) is 0 Å². The van der Waals surface area contributed by atoms with Crippen molar-refractivity contribution in [1.82, 2.24) is 4.65 Å². The Morgan fingerprint density at radius 2 is 1.93 bits per heavy atom. The molecule has 0 aliphatic carbocycles. The fourth-order valence-electron chi connectivity index (χ4n) is 1.11. The summed E-state index contributed by atoms with van der Waals surface area (Å²) in [5.74, 6) is 5.06. The van der Waals surface area contributed by atoms with Crippen LogP contribution in [0.25, 0.3) is 0 Å². The fraction of sp³-hybridized carbons (Fsp3) is 0.273. The van der Waals surface area contributed by atoms with Gasteiger partial charge in [0.2, 0.25) is 0 Å². The zero-order chi connectivity index (χ0) is 11.3. The molecule has 80 valence electrons. The molecule has 1 atom stereocenters. The normalized spacial score (nSPS) is 13.9. The number of hydrogen-bond donors (Lipinski definition) is 1. The standard InChI is InChI=1S/C11H12ClNO2/c1-13(15,8-2-3-9-14)11-6-4-10(12)5-7-11/h4-7,14H,8-9H2,1H3. The van der Waals surface area contributed by atoms with Gasteiger partial charge in [0.15, 0.2) is 0 Å². The fourth-order valence-corrected chi connectivity index (χ4v) is 1.24. The average molecular weight is 226 g/mol. The van der Waals surface area contributed by atoms with E-state index in [1.165, 1.54) is 7.05 Å². The molecule has 1 rings (SSSR count). The van der Waals surface area contributed by atoms with Gasteiger partial charge in [-0.1, -0.05) is 17.5 Å². The van der Waals surface area contributed by atoms with Gasteiger partial charge in [-0.25, -0.2) is 0 Å². The Hall–Kier alpha value is -1.05. The molecule has 3 nitrogen and oxygen atoms in total. The summed E-state index contributed by atoms with van der Waals surface area (Å²) in [6.07, 6.45) is 0. The van der Waals surface area contributed by atoms with E-state index < -0.39 is 4.65 Å². The van der Waals surface area contributed by atoms with Crippen LogP contribution >= 0.6 is 11.6 Å². The van der Waals surface area contributed by atoms with Gasteiger partial charge in [0.25, 0.3) is 0 Å². The van der Waals surface area contributed by atoms with Crippen molar-refractivity contribution in [3.05, 3.63) is 34.5 Å². The summed E-state index contributed by atoms with van der Waals surface area (Å²) in [4.78, 5) is 0. The van der Waals surface area contributed by atoms with Crippen LogP contribution in [0.2, 0.25) is 5.02 Å². The lowest BCUT2D eigenvalue weighted by Gasteiger charge is -2.36.